The van der Waals surface area contributed by atoms with E-state index < -0.39 is 10.0 Å². The van der Waals surface area contributed by atoms with Gasteiger partial charge >= 0.3 is 0 Å². The van der Waals surface area contributed by atoms with Gasteiger partial charge in [0.05, 0.1) is 24.5 Å². The molecule has 0 aromatic heterocycles. The molecule has 2 aromatic rings. The van der Waals surface area contributed by atoms with Gasteiger partial charge in [0.2, 0.25) is 15.9 Å². The molecule has 0 atom stereocenters. The average Bonchev–Trinajstić information content (AvgIpc) is 2.69. The van der Waals surface area contributed by atoms with Crippen LogP contribution in [0.4, 0.5) is 4.39 Å². The number of nitrogens with zero attached hydrogens (tertiary/aromatic N) is 1. The predicted molar refractivity (Wildman–Crippen MR) is 98.0 cm³/mol. The highest BCUT2D eigenvalue weighted by atomic mass is 32.2. The number of ether oxygens (including phenoxy) is 1. The monoisotopic (exact) mass is 392 g/mol. The molecule has 27 heavy (non-hydrogen) atoms. The van der Waals surface area contributed by atoms with E-state index in [2.05, 4.69) is 5.32 Å². The molecule has 1 N–H and O–H groups in total. The standard InChI is InChI=1S/C19H21FN2O4S/c20-17-5-1-15(2-6-17)13-19(23)21-14-16-3-7-18(8-4-16)27(24,25)22-9-11-26-12-10-22/h1-8H,9-14H2,(H,21,23). The maximum atomic E-state index is 12.9. The summed E-state index contributed by atoms with van der Waals surface area (Å²) < 4.78 is 44.6. The summed E-state index contributed by atoms with van der Waals surface area (Å²) in [5.41, 5.74) is 1.52. The number of rotatable bonds is 6. The van der Waals surface area contributed by atoms with Gasteiger partial charge in [-0.15, -0.1) is 0 Å². The summed E-state index contributed by atoms with van der Waals surface area (Å²) in [4.78, 5) is 12.2. The number of hydrogen-bond donors (Lipinski definition) is 1. The summed E-state index contributed by atoms with van der Waals surface area (Å²) in [5.74, 6) is -0.530. The fourth-order valence-corrected chi connectivity index (χ4v) is 4.17. The fourth-order valence-electron chi connectivity index (χ4n) is 2.77. The Balaban J connectivity index is 1.55. The summed E-state index contributed by atoms with van der Waals surface area (Å²) >= 11 is 0. The third kappa shape index (κ3) is 5.12. The minimum Gasteiger partial charge on any atom is -0.379 e. The quantitative estimate of drug-likeness (QED) is 0.812. The Morgan fingerprint density at radius 1 is 1.00 bits per heavy atom. The highest BCUT2D eigenvalue weighted by molar-refractivity contribution is 7.89. The first-order chi connectivity index (χ1) is 12.9. The number of carbonyl (C=O) groups is 1. The van der Waals surface area contributed by atoms with Gasteiger partial charge in [0.25, 0.3) is 0 Å². The zero-order valence-electron chi connectivity index (χ0n) is 14.7. The molecule has 1 amide bonds. The van der Waals surface area contributed by atoms with E-state index in [-0.39, 0.29) is 29.6 Å². The van der Waals surface area contributed by atoms with Gasteiger partial charge in [-0.1, -0.05) is 24.3 Å². The van der Waals surface area contributed by atoms with Crippen molar-refractivity contribution in [3.63, 3.8) is 0 Å². The maximum Gasteiger partial charge on any atom is 0.243 e. The van der Waals surface area contributed by atoms with Crippen LogP contribution in [0.25, 0.3) is 0 Å². The minimum absolute atomic E-state index is 0.157. The molecule has 0 aliphatic carbocycles. The summed E-state index contributed by atoms with van der Waals surface area (Å²) in [6.07, 6.45) is 0.157. The number of nitrogens with one attached hydrogen (secondary N) is 1. The topological polar surface area (TPSA) is 75.7 Å². The van der Waals surface area contributed by atoms with Crippen molar-refractivity contribution in [2.75, 3.05) is 26.3 Å². The molecule has 8 heteroatoms. The van der Waals surface area contributed by atoms with E-state index in [0.29, 0.717) is 26.3 Å². The number of halogens is 1. The second kappa shape index (κ2) is 8.60. The van der Waals surface area contributed by atoms with E-state index in [1.54, 1.807) is 36.4 Å². The number of amides is 1. The van der Waals surface area contributed by atoms with Crippen molar-refractivity contribution < 1.29 is 22.3 Å². The van der Waals surface area contributed by atoms with Gasteiger partial charge in [0, 0.05) is 19.6 Å². The highest BCUT2D eigenvalue weighted by Gasteiger charge is 2.26. The van der Waals surface area contributed by atoms with Crippen LogP contribution in [-0.2, 0) is 32.5 Å². The van der Waals surface area contributed by atoms with Crippen LogP contribution < -0.4 is 5.32 Å². The predicted octanol–water partition coefficient (Wildman–Crippen LogP) is 1.71. The smallest absolute Gasteiger partial charge is 0.243 e. The molecule has 0 bridgehead atoms. The van der Waals surface area contributed by atoms with E-state index in [0.717, 1.165) is 11.1 Å². The van der Waals surface area contributed by atoms with Crippen LogP contribution in [0, 0.1) is 5.82 Å². The Labute approximate surface area is 158 Å². The van der Waals surface area contributed by atoms with Gasteiger partial charge in [0.15, 0.2) is 0 Å². The van der Waals surface area contributed by atoms with Crippen molar-refractivity contribution in [1.82, 2.24) is 9.62 Å². The Bertz CT molecular complexity index is 877. The van der Waals surface area contributed by atoms with Gasteiger partial charge < -0.3 is 10.1 Å². The van der Waals surface area contributed by atoms with E-state index in [4.69, 9.17) is 4.74 Å². The molecule has 1 aliphatic heterocycles. The SMILES string of the molecule is O=C(Cc1ccc(F)cc1)NCc1ccc(S(=O)(=O)N2CCOCC2)cc1. The Morgan fingerprint density at radius 3 is 2.22 bits per heavy atom. The molecular weight excluding hydrogens is 371 g/mol. The lowest BCUT2D eigenvalue weighted by Gasteiger charge is -2.26. The van der Waals surface area contributed by atoms with Crippen LogP contribution in [0.3, 0.4) is 0 Å². The van der Waals surface area contributed by atoms with Crippen molar-refractivity contribution in [2.45, 2.75) is 17.9 Å². The van der Waals surface area contributed by atoms with Crippen LogP contribution in [-0.4, -0.2) is 44.9 Å². The Morgan fingerprint density at radius 2 is 1.59 bits per heavy atom. The molecule has 0 radical (unpaired) electrons. The zero-order chi connectivity index (χ0) is 19.3. The van der Waals surface area contributed by atoms with Crippen molar-refractivity contribution >= 4 is 15.9 Å². The molecule has 0 saturated carbocycles. The fraction of sp³-hybridized carbons (Fsp3) is 0.316. The first-order valence-corrected chi connectivity index (χ1v) is 10.1. The van der Waals surface area contributed by atoms with Crippen LogP contribution in [0.1, 0.15) is 11.1 Å². The number of hydrogen-bond acceptors (Lipinski definition) is 4. The van der Waals surface area contributed by atoms with Crippen molar-refractivity contribution in [2.24, 2.45) is 0 Å². The minimum atomic E-state index is -3.52. The number of carbonyl (C=O) groups excluding carboxylic acids is 1. The molecule has 3 rings (SSSR count). The number of morpholine rings is 1. The maximum absolute atomic E-state index is 12.9. The molecule has 1 aliphatic rings. The molecule has 2 aromatic carbocycles. The van der Waals surface area contributed by atoms with Crippen molar-refractivity contribution in [3.05, 3.63) is 65.5 Å². The van der Waals surface area contributed by atoms with E-state index in [1.807, 2.05) is 0 Å². The zero-order valence-corrected chi connectivity index (χ0v) is 15.5. The van der Waals surface area contributed by atoms with E-state index in [1.165, 1.54) is 16.4 Å². The Hall–Kier alpha value is -2.29. The molecule has 0 spiro atoms. The van der Waals surface area contributed by atoms with Crippen LogP contribution in [0.15, 0.2) is 53.4 Å². The second-order valence-corrected chi connectivity index (χ2v) is 8.18. The van der Waals surface area contributed by atoms with Crippen molar-refractivity contribution in [1.29, 1.82) is 0 Å². The lowest BCUT2D eigenvalue weighted by atomic mass is 10.1. The molecule has 1 heterocycles. The molecule has 0 unspecified atom stereocenters. The lowest BCUT2D eigenvalue weighted by Crippen LogP contribution is -2.40. The normalized spacial score (nSPS) is 15.4. The van der Waals surface area contributed by atoms with E-state index in [9.17, 15) is 17.6 Å². The van der Waals surface area contributed by atoms with E-state index >= 15 is 0 Å². The summed E-state index contributed by atoms with van der Waals surface area (Å²) in [6, 6.07) is 12.2. The number of sulfonamides is 1. The first kappa shape index (κ1) is 19.5. The molecular formula is C19H21FN2O4S. The largest absolute Gasteiger partial charge is 0.379 e. The van der Waals surface area contributed by atoms with Gasteiger partial charge in [-0.25, -0.2) is 12.8 Å². The van der Waals surface area contributed by atoms with Gasteiger partial charge in [-0.2, -0.15) is 4.31 Å². The summed E-state index contributed by atoms with van der Waals surface area (Å²) in [6.45, 7) is 1.79. The average molecular weight is 392 g/mol. The molecule has 1 fully saturated rings. The molecule has 1 saturated heterocycles. The third-order valence-electron chi connectivity index (χ3n) is 4.30. The van der Waals surface area contributed by atoms with Gasteiger partial charge in [-0.05, 0) is 35.4 Å². The Kier molecular flexibility index (Phi) is 6.20. The highest BCUT2D eigenvalue weighted by Crippen LogP contribution is 2.17. The number of benzene rings is 2. The van der Waals surface area contributed by atoms with Crippen LogP contribution in [0.2, 0.25) is 0 Å². The molecule has 6 nitrogen and oxygen atoms in total. The lowest BCUT2D eigenvalue weighted by molar-refractivity contribution is -0.120. The molecule has 144 valence electrons. The van der Waals surface area contributed by atoms with Gasteiger partial charge in [0.1, 0.15) is 5.82 Å². The second-order valence-electron chi connectivity index (χ2n) is 6.24. The van der Waals surface area contributed by atoms with Crippen LogP contribution in [0.5, 0.6) is 0 Å². The summed E-state index contributed by atoms with van der Waals surface area (Å²) in [7, 11) is -3.52. The third-order valence-corrected chi connectivity index (χ3v) is 6.21. The van der Waals surface area contributed by atoms with Crippen LogP contribution >= 0.6 is 0 Å². The first-order valence-electron chi connectivity index (χ1n) is 8.63. The summed E-state index contributed by atoms with van der Waals surface area (Å²) in [5, 5.41) is 2.77. The van der Waals surface area contributed by atoms with Crippen molar-refractivity contribution in [3.8, 4) is 0 Å². The van der Waals surface area contributed by atoms with Gasteiger partial charge in [-0.3, -0.25) is 4.79 Å².